The Balaban J connectivity index is 2.54. The van der Waals surface area contributed by atoms with Crippen LogP contribution < -0.4 is 0 Å². The lowest BCUT2D eigenvalue weighted by Crippen LogP contribution is -2.33. The van der Waals surface area contributed by atoms with E-state index in [1.165, 1.54) is 0 Å². The van der Waals surface area contributed by atoms with Crippen LogP contribution >= 0.6 is 0 Å². The lowest BCUT2D eigenvalue weighted by Gasteiger charge is -2.11. The average molecular weight is 121 g/mol. The highest BCUT2D eigenvalue weighted by Gasteiger charge is 2.42. The highest BCUT2D eigenvalue weighted by molar-refractivity contribution is 4.89. The predicted octanol–water partition coefficient (Wildman–Crippen LogP) is -0.803. The zero-order chi connectivity index (χ0) is 6.20. The zero-order valence-electron chi connectivity index (χ0n) is 4.04. The van der Waals surface area contributed by atoms with Gasteiger partial charge in [-0.25, -0.2) is 4.39 Å². The van der Waals surface area contributed by atoms with Gasteiger partial charge >= 0.3 is 0 Å². The van der Waals surface area contributed by atoms with E-state index in [0.717, 1.165) is 0 Å². The Labute approximate surface area is 45.7 Å². The van der Waals surface area contributed by atoms with Gasteiger partial charge in [-0.3, -0.25) is 0 Å². The van der Waals surface area contributed by atoms with Crippen LogP contribution in [0.2, 0.25) is 0 Å². The molecule has 2 N–H and O–H groups in total. The van der Waals surface area contributed by atoms with E-state index >= 15 is 0 Å². The minimum absolute atomic E-state index is 0.174. The van der Waals surface area contributed by atoms with Gasteiger partial charge in [0.15, 0.2) is 6.61 Å². The number of hydrogen-bond donors (Lipinski definition) is 2. The number of ether oxygens (including phenoxy) is 1. The second-order valence-corrected chi connectivity index (χ2v) is 1.69. The summed E-state index contributed by atoms with van der Waals surface area (Å²) in [6, 6.07) is 0. The second kappa shape index (κ2) is 1.65. The molecule has 0 aliphatic carbocycles. The molecule has 47 valence electrons. The largest absolute Gasteiger partial charge is 0.385 e. The lowest BCUT2D eigenvalue weighted by molar-refractivity contribution is -0.124. The monoisotopic (exact) mass is 121 g/mol. The minimum Gasteiger partial charge on any atom is -0.385 e. The van der Waals surface area contributed by atoms with Crippen molar-refractivity contribution in [1.82, 2.24) is 0 Å². The van der Waals surface area contributed by atoms with Gasteiger partial charge in [-0.2, -0.15) is 0 Å². The summed E-state index contributed by atoms with van der Waals surface area (Å²) < 4.78 is 16.4. The molecular weight excluding hydrogens is 115 g/mol. The Bertz CT molecular complexity index is 93.3. The summed E-state index contributed by atoms with van der Waals surface area (Å²) in [5.74, 6) is -2.64. The number of aliphatic hydroxyl groups is 2. The van der Waals surface area contributed by atoms with Crippen LogP contribution in [0.25, 0.3) is 0 Å². The Kier molecular flexibility index (Phi) is 1.22. The van der Waals surface area contributed by atoms with Gasteiger partial charge in [-0.1, -0.05) is 0 Å². The summed E-state index contributed by atoms with van der Waals surface area (Å²) in [5.41, 5.74) is 0. The highest BCUT2D eigenvalue weighted by atomic mass is 19.2. The minimum atomic E-state index is -2.64. The van der Waals surface area contributed by atoms with E-state index in [9.17, 15) is 4.39 Å². The molecule has 0 amide bonds. The molecule has 1 fully saturated rings. The van der Waals surface area contributed by atoms with Crippen LogP contribution in [0.3, 0.4) is 0 Å². The summed E-state index contributed by atoms with van der Waals surface area (Å²) in [5, 5.41) is 16.8. The number of halogens is 1. The number of hydrogen-bond acceptors (Lipinski definition) is 3. The fourth-order valence-corrected chi connectivity index (χ4v) is 0.452. The summed E-state index contributed by atoms with van der Waals surface area (Å²) >= 11 is 0. The second-order valence-electron chi connectivity index (χ2n) is 1.69. The molecule has 3 nitrogen and oxygen atoms in total. The molecule has 1 aliphatic rings. The van der Waals surface area contributed by atoms with Crippen LogP contribution in [0.4, 0.5) is 4.39 Å². The van der Waals surface area contributed by atoms with Gasteiger partial charge in [0.25, 0.3) is 5.85 Å². The number of rotatable bonds is 0. The van der Waals surface area contributed by atoms with Gasteiger partial charge in [0.2, 0.25) is 0 Å². The van der Waals surface area contributed by atoms with Crippen molar-refractivity contribution in [3.8, 4) is 0 Å². The third-order valence-electron chi connectivity index (χ3n) is 0.970. The first-order valence-corrected chi connectivity index (χ1v) is 2.18. The molecule has 0 bridgehead atoms. The van der Waals surface area contributed by atoms with Gasteiger partial charge < -0.3 is 14.9 Å². The first-order chi connectivity index (χ1) is 3.63. The van der Waals surface area contributed by atoms with Crippen molar-refractivity contribution in [3.63, 3.8) is 0 Å². The summed E-state index contributed by atoms with van der Waals surface area (Å²) in [6.45, 7) is 0.407. The van der Waals surface area contributed by atoms with Gasteiger partial charge in [-0.05, 0) is 0 Å². The molecule has 1 aliphatic heterocycles. The zero-order valence-corrected chi connectivity index (χ0v) is 4.04. The van der Waals surface area contributed by atoms with Crippen LogP contribution in [0.5, 0.6) is 0 Å². The Morgan fingerprint density at radius 3 is 2.62 bits per heavy atom. The van der Waals surface area contributed by atoms with E-state index in [1.54, 1.807) is 0 Å². The maximum Gasteiger partial charge on any atom is 0.264 e. The van der Waals surface area contributed by atoms with E-state index in [4.69, 9.17) is 10.2 Å². The van der Waals surface area contributed by atoms with E-state index in [0.29, 0.717) is 6.61 Å². The lowest BCUT2D eigenvalue weighted by atomic mass is 10.2. The van der Waals surface area contributed by atoms with Crippen molar-refractivity contribution >= 4 is 0 Å². The molecule has 0 spiro atoms. The molecule has 1 radical (unpaired) electrons. The molecule has 0 saturated carbocycles. The van der Waals surface area contributed by atoms with E-state index in [-0.39, 0.29) is 6.61 Å². The molecular formula is C4H6FO3. The smallest absolute Gasteiger partial charge is 0.264 e. The van der Waals surface area contributed by atoms with Gasteiger partial charge in [0.05, 0.1) is 6.61 Å². The van der Waals surface area contributed by atoms with Crippen LogP contribution in [0, 0.1) is 6.61 Å². The predicted molar refractivity (Wildman–Crippen MR) is 22.3 cm³/mol. The standard InChI is InChI=1S/C4H6FO3/c5-4(7)2-8-1-3(4)6/h2-3,6-7H,1H2/t3-,4-/m1/s1. The molecule has 1 saturated heterocycles. The summed E-state index contributed by atoms with van der Waals surface area (Å²) in [4.78, 5) is 0. The van der Waals surface area contributed by atoms with Crippen molar-refractivity contribution in [2.24, 2.45) is 0 Å². The van der Waals surface area contributed by atoms with E-state index in [2.05, 4.69) is 4.74 Å². The maximum atomic E-state index is 12.1. The first-order valence-electron chi connectivity index (χ1n) is 2.18. The fraction of sp³-hybridized carbons (Fsp3) is 0.750. The Morgan fingerprint density at radius 1 is 1.88 bits per heavy atom. The SMILES string of the molecule is O[C@@H]1CO[CH][C@]1(O)F. The number of alkyl halides is 1. The van der Waals surface area contributed by atoms with Crippen molar-refractivity contribution in [2.75, 3.05) is 6.61 Å². The van der Waals surface area contributed by atoms with Crippen LogP contribution in [0.15, 0.2) is 0 Å². The van der Waals surface area contributed by atoms with Crippen LogP contribution in [0.1, 0.15) is 0 Å². The number of aliphatic hydroxyl groups excluding tert-OH is 1. The molecule has 4 heteroatoms. The van der Waals surface area contributed by atoms with Crippen molar-refractivity contribution in [2.45, 2.75) is 12.0 Å². The summed E-state index contributed by atoms with van der Waals surface area (Å²) in [6.07, 6.45) is -1.43. The summed E-state index contributed by atoms with van der Waals surface area (Å²) in [7, 11) is 0. The molecule has 8 heavy (non-hydrogen) atoms. The highest BCUT2D eigenvalue weighted by Crippen LogP contribution is 2.23. The maximum absolute atomic E-state index is 12.1. The normalized spacial score (nSPS) is 47.6. The topological polar surface area (TPSA) is 49.7 Å². The fourth-order valence-electron chi connectivity index (χ4n) is 0.452. The van der Waals surface area contributed by atoms with Crippen molar-refractivity contribution < 1.29 is 19.3 Å². The molecule has 0 aromatic heterocycles. The van der Waals surface area contributed by atoms with Crippen molar-refractivity contribution in [3.05, 3.63) is 6.61 Å². The molecule has 1 heterocycles. The van der Waals surface area contributed by atoms with Crippen molar-refractivity contribution in [1.29, 1.82) is 0 Å². The van der Waals surface area contributed by atoms with Crippen LogP contribution in [-0.2, 0) is 4.74 Å². The Hall–Kier alpha value is -0.190. The van der Waals surface area contributed by atoms with Gasteiger partial charge in [0, 0.05) is 0 Å². The first kappa shape index (κ1) is 5.94. The van der Waals surface area contributed by atoms with Gasteiger partial charge in [-0.15, -0.1) is 0 Å². The molecule has 0 aromatic carbocycles. The quantitative estimate of drug-likeness (QED) is 0.441. The Morgan fingerprint density at radius 2 is 2.50 bits per heavy atom. The van der Waals surface area contributed by atoms with Crippen LogP contribution in [-0.4, -0.2) is 28.8 Å². The van der Waals surface area contributed by atoms with E-state index < -0.39 is 12.0 Å². The third kappa shape index (κ3) is 0.819. The molecule has 2 atom stereocenters. The van der Waals surface area contributed by atoms with Gasteiger partial charge in [0.1, 0.15) is 6.10 Å². The van der Waals surface area contributed by atoms with E-state index in [1.807, 2.05) is 0 Å². The third-order valence-corrected chi connectivity index (χ3v) is 0.970. The molecule has 0 aromatic rings. The average Bonchev–Trinajstić information content (AvgIpc) is 1.86. The molecule has 1 rings (SSSR count). The molecule has 0 unspecified atom stereocenters.